The molecule has 1 N–H and O–H groups in total. The Balaban J connectivity index is 1.88. The van der Waals surface area contributed by atoms with Crippen molar-refractivity contribution < 1.29 is 29.0 Å². The minimum absolute atomic E-state index is 0.0130. The zero-order valence-electron chi connectivity index (χ0n) is 14.9. The molecule has 27 heavy (non-hydrogen) atoms. The Labute approximate surface area is 155 Å². The summed E-state index contributed by atoms with van der Waals surface area (Å²) in [5.41, 5.74) is 1.43. The average molecular weight is 366 g/mol. The maximum absolute atomic E-state index is 12.6. The van der Waals surface area contributed by atoms with E-state index in [1.165, 1.54) is 12.1 Å². The van der Waals surface area contributed by atoms with E-state index in [1.807, 2.05) is 13.8 Å². The number of esters is 1. The van der Waals surface area contributed by atoms with Gasteiger partial charge in [0.2, 0.25) is 0 Å². The third-order valence-electron chi connectivity index (χ3n) is 4.92. The Bertz CT molecular complexity index is 971. The van der Waals surface area contributed by atoms with Gasteiger partial charge in [-0.2, -0.15) is 0 Å². The summed E-state index contributed by atoms with van der Waals surface area (Å²) in [7, 11) is 0. The van der Waals surface area contributed by atoms with E-state index in [-0.39, 0.29) is 36.1 Å². The van der Waals surface area contributed by atoms with Gasteiger partial charge in [-0.1, -0.05) is 12.1 Å². The fourth-order valence-electron chi connectivity index (χ4n) is 3.70. The predicted molar refractivity (Wildman–Crippen MR) is 95.6 cm³/mol. The first-order valence-electron chi connectivity index (χ1n) is 8.68. The lowest BCUT2D eigenvalue weighted by atomic mass is 9.82. The minimum Gasteiger partial charge on any atom is -0.486 e. The number of hydrogen-bond donors (Lipinski definition) is 1. The van der Waals surface area contributed by atoms with Crippen LogP contribution in [0.5, 0.6) is 11.5 Å². The van der Waals surface area contributed by atoms with Gasteiger partial charge < -0.3 is 14.6 Å². The summed E-state index contributed by atoms with van der Waals surface area (Å²) in [5, 5.41) is 9.10. The number of fused-ring (bicyclic) bond motifs is 3. The smallest absolute Gasteiger partial charge is 0.335 e. The summed E-state index contributed by atoms with van der Waals surface area (Å²) >= 11 is 0. The van der Waals surface area contributed by atoms with Crippen LogP contribution in [0.25, 0.3) is 0 Å². The van der Waals surface area contributed by atoms with E-state index in [0.717, 1.165) is 5.56 Å². The number of benzene rings is 2. The highest BCUT2D eigenvalue weighted by Gasteiger charge is 2.39. The molecule has 0 saturated carbocycles. The number of ether oxygens (including phenoxy) is 2. The first-order valence-corrected chi connectivity index (χ1v) is 8.68. The number of carbonyl (C=O) groups excluding carboxylic acids is 2. The van der Waals surface area contributed by atoms with Crippen molar-refractivity contribution in [2.24, 2.45) is 0 Å². The van der Waals surface area contributed by atoms with Gasteiger partial charge in [-0.3, -0.25) is 9.59 Å². The molecule has 2 aliphatic rings. The van der Waals surface area contributed by atoms with Crippen molar-refractivity contribution in [3.05, 3.63) is 58.7 Å². The van der Waals surface area contributed by atoms with Gasteiger partial charge in [0.1, 0.15) is 17.1 Å². The molecule has 1 atom stereocenters. The van der Waals surface area contributed by atoms with Crippen molar-refractivity contribution in [3.63, 3.8) is 0 Å². The molecule has 138 valence electrons. The first kappa shape index (κ1) is 17.3. The molecule has 0 fully saturated rings. The number of carbonyl (C=O) groups is 3. The number of aromatic carboxylic acids is 1. The molecule has 2 aromatic carbocycles. The Morgan fingerprint density at radius 2 is 1.81 bits per heavy atom. The van der Waals surface area contributed by atoms with E-state index in [0.29, 0.717) is 22.6 Å². The van der Waals surface area contributed by atoms with Gasteiger partial charge in [0.25, 0.3) is 0 Å². The highest BCUT2D eigenvalue weighted by atomic mass is 16.5. The second-order valence-corrected chi connectivity index (χ2v) is 7.47. The van der Waals surface area contributed by atoms with Crippen LogP contribution in [-0.4, -0.2) is 28.4 Å². The molecule has 0 spiro atoms. The maximum Gasteiger partial charge on any atom is 0.335 e. The van der Waals surface area contributed by atoms with E-state index >= 15 is 0 Å². The zero-order valence-corrected chi connectivity index (χ0v) is 14.9. The quantitative estimate of drug-likeness (QED) is 0.645. The molecule has 0 bridgehead atoms. The number of ketones is 1. The zero-order chi connectivity index (χ0) is 19.3. The van der Waals surface area contributed by atoms with Crippen LogP contribution in [0, 0.1) is 0 Å². The van der Waals surface area contributed by atoms with E-state index in [9.17, 15) is 14.4 Å². The Morgan fingerprint density at radius 1 is 1.11 bits per heavy atom. The Kier molecular flexibility index (Phi) is 3.80. The molecule has 0 radical (unpaired) electrons. The van der Waals surface area contributed by atoms with Crippen LogP contribution >= 0.6 is 0 Å². The highest BCUT2D eigenvalue weighted by Crippen LogP contribution is 2.48. The van der Waals surface area contributed by atoms with Gasteiger partial charge in [-0.15, -0.1) is 0 Å². The van der Waals surface area contributed by atoms with Gasteiger partial charge in [0, 0.05) is 11.5 Å². The third kappa shape index (κ3) is 2.97. The monoisotopic (exact) mass is 366 g/mol. The van der Waals surface area contributed by atoms with Gasteiger partial charge in [-0.25, -0.2) is 4.79 Å². The standard InChI is InChI=1S/C21H18O6/c1-21(2)10-15(22)13-7-8-16-18(19(13)27-21)14(9-17(23)26-16)11-3-5-12(6-4-11)20(24)25/h3-8,14H,9-10H2,1-2H3,(H,24,25). The van der Waals surface area contributed by atoms with Crippen LogP contribution in [-0.2, 0) is 4.79 Å². The molecule has 0 amide bonds. The molecule has 6 nitrogen and oxygen atoms in total. The van der Waals surface area contributed by atoms with Crippen LogP contribution in [0.1, 0.15) is 64.4 Å². The third-order valence-corrected chi connectivity index (χ3v) is 4.92. The molecule has 2 aromatic rings. The van der Waals surface area contributed by atoms with Gasteiger partial charge in [-0.05, 0) is 43.7 Å². The molecule has 0 saturated heterocycles. The molecule has 2 heterocycles. The van der Waals surface area contributed by atoms with Crippen molar-refractivity contribution in [3.8, 4) is 11.5 Å². The summed E-state index contributed by atoms with van der Waals surface area (Å²) in [6.07, 6.45) is 0.365. The van der Waals surface area contributed by atoms with Crippen LogP contribution in [0.4, 0.5) is 0 Å². The number of hydrogen-bond acceptors (Lipinski definition) is 5. The van der Waals surface area contributed by atoms with Crippen molar-refractivity contribution >= 4 is 17.7 Å². The van der Waals surface area contributed by atoms with E-state index in [2.05, 4.69) is 0 Å². The van der Waals surface area contributed by atoms with Crippen molar-refractivity contribution in [1.29, 1.82) is 0 Å². The number of Topliss-reactive ketones (excluding diaryl/α,β-unsaturated/α-hetero) is 1. The van der Waals surface area contributed by atoms with Crippen LogP contribution in [0.2, 0.25) is 0 Å². The second kappa shape index (κ2) is 5.94. The van der Waals surface area contributed by atoms with Crippen LogP contribution in [0.15, 0.2) is 36.4 Å². The Hall–Kier alpha value is -3.15. The number of carboxylic acid groups (broad SMARTS) is 1. The molecule has 4 rings (SSSR count). The molecular formula is C21H18O6. The fourth-order valence-corrected chi connectivity index (χ4v) is 3.70. The summed E-state index contributed by atoms with van der Waals surface area (Å²) in [5.74, 6) is -0.952. The molecular weight excluding hydrogens is 348 g/mol. The topological polar surface area (TPSA) is 89.9 Å². The summed E-state index contributed by atoms with van der Waals surface area (Å²) in [4.78, 5) is 35.8. The second-order valence-electron chi connectivity index (χ2n) is 7.47. The van der Waals surface area contributed by atoms with Crippen molar-refractivity contribution in [2.75, 3.05) is 0 Å². The van der Waals surface area contributed by atoms with Crippen LogP contribution < -0.4 is 9.47 Å². The summed E-state index contributed by atoms with van der Waals surface area (Å²) < 4.78 is 11.5. The summed E-state index contributed by atoms with van der Waals surface area (Å²) in [6, 6.07) is 9.64. The Morgan fingerprint density at radius 3 is 2.48 bits per heavy atom. The lowest BCUT2D eigenvalue weighted by molar-refractivity contribution is -0.135. The van der Waals surface area contributed by atoms with E-state index in [1.54, 1.807) is 24.3 Å². The summed E-state index contributed by atoms with van der Waals surface area (Å²) in [6.45, 7) is 3.69. The SMILES string of the molecule is CC1(C)CC(=O)c2ccc3c(c2O1)C(c1ccc(C(=O)O)cc1)CC(=O)O3. The normalized spacial score (nSPS) is 20.1. The van der Waals surface area contributed by atoms with E-state index < -0.39 is 11.6 Å². The van der Waals surface area contributed by atoms with Crippen molar-refractivity contribution in [1.82, 2.24) is 0 Å². The fraction of sp³-hybridized carbons (Fsp3) is 0.286. The highest BCUT2D eigenvalue weighted by molar-refractivity contribution is 6.01. The maximum atomic E-state index is 12.6. The lowest BCUT2D eigenvalue weighted by Gasteiger charge is -2.36. The van der Waals surface area contributed by atoms with Gasteiger partial charge in [0.05, 0.1) is 24.0 Å². The molecule has 2 aliphatic heterocycles. The van der Waals surface area contributed by atoms with Crippen molar-refractivity contribution in [2.45, 2.75) is 38.2 Å². The lowest BCUT2D eigenvalue weighted by Crippen LogP contribution is -2.37. The van der Waals surface area contributed by atoms with Crippen LogP contribution in [0.3, 0.4) is 0 Å². The largest absolute Gasteiger partial charge is 0.486 e. The van der Waals surface area contributed by atoms with Gasteiger partial charge >= 0.3 is 11.9 Å². The molecule has 1 unspecified atom stereocenters. The average Bonchev–Trinajstić information content (AvgIpc) is 2.59. The number of rotatable bonds is 2. The predicted octanol–water partition coefficient (Wildman–Crippen LogP) is 3.57. The van der Waals surface area contributed by atoms with Gasteiger partial charge in [0.15, 0.2) is 5.78 Å². The van der Waals surface area contributed by atoms with E-state index in [4.69, 9.17) is 14.6 Å². The minimum atomic E-state index is -1.02. The first-order chi connectivity index (χ1) is 12.7. The number of carboxylic acids is 1. The molecule has 0 aromatic heterocycles. The molecule has 6 heteroatoms. The molecule has 0 aliphatic carbocycles.